The van der Waals surface area contributed by atoms with Crippen molar-refractivity contribution in [3.63, 3.8) is 0 Å². The van der Waals surface area contributed by atoms with Crippen molar-refractivity contribution in [3.05, 3.63) is 42.5 Å². The Morgan fingerprint density at radius 3 is 2.73 bits per heavy atom. The molecule has 112 valence electrons. The van der Waals surface area contributed by atoms with E-state index in [1.54, 1.807) is 18.2 Å². The molecule has 2 N–H and O–H groups in total. The van der Waals surface area contributed by atoms with Gasteiger partial charge in [-0.3, -0.25) is 4.79 Å². The van der Waals surface area contributed by atoms with Crippen LogP contribution in [0.2, 0.25) is 0 Å². The molecule has 0 aliphatic rings. The second-order valence-electron chi connectivity index (χ2n) is 4.93. The van der Waals surface area contributed by atoms with Gasteiger partial charge in [0.25, 0.3) is 0 Å². The van der Waals surface area contributed by atoms with Crippen LogP contribution in [0.25, 0.3) is 16.7 Å². The zero-order valence-electron chi connectivity index (χ0n) is 12.2. The molecule has 0 radical (unpaired) electrons. The lowest BCUT2D eigenvalue weighted by Crippen LogP contribution is -2.12. The molecule has 0 amide bonds. The van der Waals surface area contributed by atoms with Crippen LogP contribution in [0.1, 0.15) is 13.3 Å². The van der Waals surface area contributed by atoms with E-state index in [-0.39, 0.29) is 11.5 Å². The van der Waals surface area contributed by atoms with Crippen LogP contribution in [0.3, 0.4) is 0 Å². The van der Waals surface area contributed by atoms with Gasteiger partial charge in [0, 0.05) is 12.1 Å². The first kappa shape index (κ1) is 14.1. The Morgan fingerprint density at radius 2 is 1.95 bits per heavy atom. The number of fused-ring (bicyclic) bond motifs is 1. The van der Waals surface area contributed by atoms with Crippen LogP contribution in [0.5, 0.6) is 5.75 Å². The summed E-state index contributed by atoms with van der Waals surface area (Å²) in [5.41, 5.74) is 2.75. The lowest BCUT2D eigenvalue weighted by molar-refractivity contribution is -0.117. The third-order valence-corrected chi connectivity index (χ3v) is 3.36. The van der Waals surface area contributed by atoms with Crippen molar-refractivity contribution in [2.24, 2.45) is 0 Å². The quantitative estimate of drug-likeness (QED) is 0.756. The SMILES string of the molecule is CCC(=O)CNc1ccc2nn(-c3ccccc3O)nc2c1. The predicted octanol–water partition coefficient (Wildman–Crippen LogP) is 2.52. The molecule has 0 aliphatic carbocycles. The Morgan fingerprint density at radius 1 is 1.18 bits per heavy atom. The Kier molecular flexibility index (Phi) is 3.74. The van der Waals surface area contributed by atoms with E-state index in [1.807, 2.05) is 31.2 Å². The van der Waals surface area contributed by atoms with Gasteiger partial charge in [0.2, 0.25) is 0 Å². The van der Waals surface area contributed by atoms with E-state index in [4.69, 9.17) is 0 Å². The number of rotatable bonds is 5. The van der Waals surface area contributed by atoms with Crippen LogP contribution >= 0.6 is 0 Å². The number of ketones is 1. The Labute approximate surface area is 127 Å². The number of carbonyl (C=O) groups is 1. The van der Waals surface area contributed by atoms with Crippen LogP contribution in [-0.2, 0) is 4.79 Å². The first-order valence-corrected chi connectivity index (χ1v) is 7.08. The number of nitrogens with one attached hydrogen (secondary N) is 1. The second-order valence-corrected chi connectivity index (χ2v) is 4.93. The van der Waals surface area contributed by atoms with Crippen molar-refractivity contribution < 1.29 is 9.90 Å². The summed E-state index contributed by atoms with van der Waals surface area (Å²) in [5, 5.41) is 21.7. The first-order valence-electron chi connectivity index (χ1n) is 7.08. The second kappa shape index (κ2) is 5.85. The molecule has 0 atom stereocenters. The van der Waals surface area contributed by atoms with Crippen LogP contribution in [0, 0.1) is 0 Å². The fraction of sp³-hybridized carbons (Fsp3) is 0.188. The fourth-order valence-electron chi connectivity index (χ4n) is 2.09. The fourth-order valence-corrected chi connectivity index (χ4v) is 2.09. The summed E-state index contributed by atoms with van der Waals surface area (Å²) in [4.78, 5) is 12.8. The van der Waals surface area contributed by atoms with Crippen molar-refractivity contribution in [1.29, 1.82) is 0 Å². The summed E-state index contributed by atoms with van der Waals surface area (Å²) in [6.07, 6.45) is 0.513. The number of phenolic OH excluding ortho intramolecular Hbond substituents is 1. The molecular weight excluding hydrogens is 280 g/mol. The summed E-state index contributed by atoms with van der Waals surface area (Å²) in [6.45, 7) is 2.14. The zero-order valence-corrected chi connectivity index (χ0v) is 12.2. The van der Waals surface area contributed by atoms with E-state index < -0.39 is 0 Å². The molecule has 6 nitrogen and oxygen atoms in total. The van der Waals surface area contributed by atoms with E-state index >= 15 is 0 Å². The number of anilines is 1. The molecule has 0 aliphatic heterocycles. The molecule has 0 unspecified atom stereocenters. The van der Waals surface area contributed by atoms with Gasteiger partial charge >= 0.3 is 0 Å². The average Bonchev–Trinajstić information content (AvgIpc) is 2.95. The molecule has 3 aromatic rings. The molecule has 0 saturated carbocycles. The number of benzene rings is 2. The maximum absolute atomic E-state index is 11.4. The van der Waals surface area contributed by atoms with Gasteiger partial charge in [-0.05, 0) is 30.3 Å². The lowest BCUT2D eigenvalue weighted by atomic mass is 10.2. The van der Waals surface area contributed by atoms with E-state index in [0.717, 1.165) is 11.2 Å². The van der Waals surface area contributed by atoms with Gasteiger partial charge in [0.05, 0.1) is 6.54 Å². The number of Topliss-reactive ketones (excluding diaryl/α,β-unsaturated/α-hetero) is 1. The van der Waals surface area contributed by atoms with Gasteiger partial charge in [-0.1, -0.05) is 19.1 Å². The lowest BCUT2D eigenvalue weighted by Gasteiger charge is -2.03. The average molecular weight is 296 g/mol. The van der Waals surface area contributed by atoms with Crippen LogP contribution in [0.4, 0.5) is 5.69 Å². The number of aromatic nitrogens is 3. The van der Waals surface area contributed by atoms with Gasteiger partial charge in [0.1, 0.15) is 22.5 Å². The highest BCUT2D eigenvalue weighted by Crippen LogP contribution is 2.22. The molecular formula is C16H16N4O2. The molecule has 3 rings (SSSR count). The zero-order chi connectivity index (χ0) is 15.5. The molecule has 2 aromatic carbocycles. The number of phenols is 1. The van der Waals surface area contributed by atoms with Crippen LogP contribution in [0.15, 0.2) is 42.5 Å². The van der Waals surface area contributed by atoms with Crippen LogP contribution < -0.4 is 5.32 Å². The van der Waals surface area contributed by atoms with Crippen molar-refractivity contribution >= 4 is 22.5 Å². The summed E-state index contributed by atoms with van der Waals surface area (Å²) in [7, 11) is 0. The minimum atomic E-state index is 0.120. The molecule has 22 heavy (non-hydrogen) atoms. The number of aromatic hydroxyl groups is 1. The van der Waals surface area contributed by atoms with E-state index in [0.29, 0.717) is 24.2 Å². The van der Waals surface area contributed by atoms with Gasteiger partial charge in [-0.2, -0.15) is 0 Å². The summed E-state index contributed by atoms with van der Waals surface area (Å²) in [6, 6.07) is 12.4. The highest BCUT2D eigenvalue weighted by atomic mass is 16.3. The van der Waals surface area contributed by atoms with Gasteiger partial charge in [-0.15, -0.1) is 15.0 Å². The Bertz CT molecular complexity index is 826. The third kappa shape index (κ3) is 2.76. The van der Waals surface area contributed by atoms with E-state index in [9.17, 15) is 9.90 Å². The minimum Gasteiger partial charge on any atom is -0.506 e. The molecule has 0 saturated heterocycles. The molecule has 1 heterocycles. The number of carbonyl (C=O) groups excluding carboxylic acids is 1. The summed E-state index contributed by atoms with van der Waals surface area (Å²) >= 11 is 0. The van der Waals surface area contributed by atoms with Crippen molar-refractivity contribution in [3.8, 4) is 11.4 Å². The summed E-state index contributed by atoms with van der Waals surface area (Å²) < 4.78 is 0. The molecule has 0 fully saturated rings. The number of hydrogen-bond acceptors (Lipinski definition) is 5. The molecule has 6 heteroatoms. The maximum atomic E-state index is 11.4. The van der Waals surface area contributed by atoms with Gasteiger partial charge in [0.15, 0.2) is 5.78 Å². The highest BCUT2D eigenvalue weighted by Gasteiger charge is 2.08. The predicted molar refractivity (Wildman–Crippen MR) is 84.3 cm³/mol. The topological polar surface area (TPSA) is 80.0 Å². The monoisotopic (exact) mass is 296 g/mol. The number of para-hydroxylation sites is 2. The van der Waals surface area contributed by atoms with Gasteiger partial charge in [-0.25, -0.2) is 0 Å². The smallest absolute Gasteiger partial charge is 0.151 e. The Hall–Kier alpha value is -2.89. The number of hydrogen-bond donors (Lipinski definition) is 2. The van der Waals surface area contributed by atoms with E-state index in [1.165, 1.54) is 4.80 Å². The number of nitrogens with zero attached hydrogens (tertiary/aromatic N) is 3. The first-order chi connectivity index (χ1) is 10.7. The summed E-state index contributed by atoms with van der Waals surface area (Å²) in [5.74, 6) is 0.271. The van der Waals surface area contributed by atoms with Crippen molar-refractivity contribution in [1.82, 2.24) is 15.0 Å². The van der Waals surface area contributed by atoms with Crippen molar-refractivity contribution in [2.45, 2.75) is 13.3 Å². The van der Waals surface area contributed by atoms with Crippen LogP contribution in [-0.4, -0.2) is 32.4 Å². The standard InChI is InChI=1S/C16H16N4O2/c1-2-12(21)10-17-11-7-8-13-14(9-11)19-20(18-13)15-5-3-4-6-16(15)22/h3-9,17,22H,2,10H2,1H3. The molecule has 1 aromatic heterocycles. The normalized spacial score (nSPS) is 10.8. The third-order valence-electron chi connectivity index (χ3n) is 3.36. The largest absolute Gasteiger partial charge is 0.506 e. The Balaban J connectivity index is 1.90. The maximum Gasteiger partial charge on any atom is 0.151 e. The molecule has 0 bridgehead atoms. The van der Waals surface area contributed by atoms with Crippen molar-refractivity contribution in [2.75, 3.05) is 11.9 Å². The van der Waals surface area contributed by atoms with E-state index in [2.05, 4.69) is 15.5 Å². The molecule has 0 spiro atoms. The minimum absolute atomic E-state index is 0.120. The highest BCUT2D eigenvalue weighted by molar-refractivity contribution is 5.84. The van der Waals surface area contributed by atoms with Gasteiger partial charge < -0.3 is 10.4 Å².